The minimum Gasteiger partial charge on any atom is -0.324 e. The lowest BCUT2D eigenvalue weighted by Crippen LogP contribution is -2.13. The van der Waals surface area contributed by atoms with Crippen LogP contribution in [0.1, 0.15) is 24.4 Å². The molecule has 1 aromatic carbocycles. The third-order valence-corrected chi connectivity index (χ3v) is 2.15. The molecule has 0 aliphatic rings. The van der Waals surface area contributed by atoms with E-state index in [1.54, 1.807) is 6.08 Å². The van der Waals surface area contributed by atoms with E-state index in [1.807, 2.05) is 0 Å². The predicted octanol–water partition coefficient (Wildman–Crippen LogP) is 3.07. The highest BCUT2D eigenvalue weighted by Gasteiger charge is 2.17. The van der Waals surface area contributed by atoms with Crippen molar-refractivity contribution in [3.05, 3.63) is 47.8 Å². The average molecular weight is 215 g/mol. The minimum atomic E-state index is -1.47. The first-order valence-corrected chi connectivity index (χ1v) is 4.57. The molecule has 4 heteroatoms. The summed E-state index contributed by atoms with van der Waals surface area (Å²) in [5.41, 5.74) is 5.62. The third kappa shape index (κ3) is 2.59. The van der Waals surface area contributed by atoms with Crippen LogP contribution < -0.4 is 5.73 Å². The van der Waals surface area contributed by atoms with Gasteiger partial charge in [0.2, 0.25) is 0 Å². The van der Waals surface area contributed by atoms with Gasteiger partial charge in [-0.15, -0.1) is 6.58 Å². The second-order valence-corrected chi connectivity index (χ2v) is 3.24. The number of allylic oxidation sites excluding steroid dienone is 1. The molecule has 0 unspecified atom stereocenters. The molecule has 0 saturated carbocycles. The molecule has 1 rings (SSSR count). The molecule has 0 bridgehead atoms. The average Bonchev–Trinajstić information content (AvgIpc) is 2.23. The molecular weight excluding hydrogens is 203 g/mol. The van der Waals surface area contributed by atoms with Crippen LogP contribution in [0, 0.1) is 17.5 Å². The monoisotopic (exact) mass is 215 g/mol. The van der Waals surface area contributed by atoms with Gasteiger partial charge in [-0.1, -0.05) is 12.1 Å². The molecular formula is C11H12F3N. The summed E-state index contributed by atoms with van der Waals surface area (Å²) in [6.07, 6.45) is 2.68. The van der Waals surface area contributed by atoms with Crippen LogP contribution in [0.3, 0.4) is 0 Å². The van der Waals surface area contributed by atoms with Crippen LogP contribution in [0.2, 0.25) is 0 Å². The zero-order chi connectivity index (χ0) is 11.4. The van der Waals surface area contributed by atoms with E-state index in [1.165, 1.54) is 6.07 Å². The fourth-order valence-electron chi connectivity index (χ4n) is 1.28. The number of halogens is 3. The first kappa shape index (κ1) is 11.8. The molecule has 0 aromatic heterocycles. The van der Waals surface area contributed by atoms with Gasteiger partial charge in [0.25, 0.3) is 0 Å². The van der Waals surface area contributed by atoms with Crippen molar-refractivity contribution >= 4 is 0 Å². The molecule has 82 valence electrons. The summed E-state index contributed by atoms with van der Waals surface area (Å²) in [7, 11) is 0. The Morgan fingerprint density at radius 1 is 1.27 bits per heavy atom. The first-order valence-electron chi connectivity index (χ1n) is 4.57. The summed E-state index contributed by atoms with van der Waals surface area (Å²) >= 11 is 0. The fraction of sp³-hybridized carbons (Fsp3) is 0.273. The molecule has 1 nitrogen and oxygen atoms in total. The van der Waals surface area contributed by atoms with Gasteiger partial charge in [0.05, 0.1) is 0 Å². The van der Waals surface area contributed by atoms with E-state index in [0.29, 0.717) is 12.8 Å². The zero-order valence-corrected chi connectivity index (χ0v) is 8.14. The normalized spacial score (nSPS) is 12.5. The summed E-state index contributed by atoms with van der Waals surface area (Å²) in [4.78, 5) is 0. The minimum absolute atomic E-state index is 0.00394. The standard InChI is InChI=1S/C11H12F3N/c1-2-3-4-9(15)7-5-6-8(12)11(14)10(7)13/h2,5-6,9H,1,3-4,15H2/t9-/m0/s1. The first-order chi connectivity index (χ1) is 7.07. The maximum atomic E-state index is 13.2. The Morgan fingerprint density at radius 2 is 1.93 bits per heavy atom. The van der Waals surface area contributed by atoms with Crippen molar-refractivity contribution in [1.29, 1.82) is 0 Å². The summed E-state index contributed by atoms with van der Waals surface area (Å²) in [6, 6.07) is 1.40. The Kier molecular flexibility index (Phi) is 3.91. The quantitative estimate of drug-likeness (QED) is 0.606. The number of nitrogens with two attached hydrogens (primary N) is 1. The summed E-state index contributed by atoms with van der Waals surface area (Å²) in [6.45, 7) is 3.50. The molecule has 0 spiro atoms. The van der Waals surface area contributed by atoms with Crippen LogP contribution in [0.15, 0.2) is 24.8 Å². The Hall–Kier alpha value is -1.29. The van der Waals surface area contributed by atoms with Crippen LogP contribution in [0.4, 0.5) is 13.2 Å². The van der Waals surface area contributed by atoms with E-state index < -0.39 is 23.5 Å². The number of rotatable bonds is 4. The van der Waals surface area contributed by atoms with Gasteiger partial charge in [-0.3, -0.25) is 0 Å². The molecule has 0 amide bonds. The van der Waals surface area contributed by atoms with Crippen LogP contribution in [0.5, 0.6) is 0 Å². The third-order valence-electron chi connectivity index (χ3n) is 2.15. The van der Waals surface area contributed by atoms with E-state index in [4.69, 9.17) is 5.73 Å². The topological polar surface area (TPSA) is 26.0 Å². The van der Waals surface area contributed by atoms with Crippen molar-refractivity contribution in [1.82, 2.24) is 0 Å². The summed E-state index contributed by atoms with van der Waals surface area (Å²) in [5, 5.41) is 0. The van der Waals surface area contributed by atoms with Gasteiger partial charge in [0, 0.05) is 11.6 Å². The van der Waals surface area contributed by atoms with Crippen LogP contribution in [-0.4, -0.2) is 0 Å². The molecule has 2 N–H and O–H groups in total. The van der Waals surface area contributed by atoms with Crippen LogP contribution in [0.25, 0.3) is 0 Å². The van der Waals surface area contributed by atoms with Crippen LogP contribution in [-0.2, 0) is 0 Å². The zero-order valence-electron chi connectivity index (χ0n) is 8.14. The van der Waals surface area contributed by atoms with Gasteiger partial charge >= 0.3 is 0 Å². The predicted molar refractivity (Wildman–Crippen MR) is 52.7 cm³/mol. The number of benzene rings is 1. The molecule has 0 aliphatic carbocycles. The van der Waals surface area contributed by atoms with Gasteiger partial charge < -0.3 is 5.73 Å². The van der Waals surface area contributed by atoms with Crippen molar-refractivity contribution in [2.75, 3.05) is 0 Å². The number of hydrogen-bond donors (Lipinski definition) is 1. The molecule has 15 heavy (non-hydrogen) atoms. The van der Waals surface area contributed by atoms with Gasteiger partial charge in [-0.2, -0.15) is 0 Å². The molecule has 1 aromatic rings. The second-order valence-electron chi connectivity index (χ2n) is 3.24. The van der Waals surface area contributed by atoms with Crippen molar-refractivity contribution in [2.45, 2.75) is 18.9 Å². The lowest BCUT2D eigenvalue weighted by Gasteiger charge is -2.12. The maximum absolute atomic E-state index is 13.2. The Bertz CT molecular complexity index is 363. The highest BCUT2D eigenvalue weighted by atomic mass is 19.2. The smallest absolute Gasteiger partial charge is 0.194 e. The summed E-state index contributed by atoms with van der Waals surface area (Å²) in [5.74, 6) is -3.87. The Labute approximate surface area is 86.4 Å². The SMILES string of the molecule is C=CCC[C@H](N)c1ccc(F)c(F)c1F. The van der Waals surface area contributed by atoms with Gasteiger partial charge in [0.15, 0.2) is 17.5 Å². The van der Waals surface area contributed by atoms with E-state index in [9.17, 15) is 13.2 Å². The molecule has 0 aliphatic heterocycles. The summed E-state index contributed by atoms with van der Waals surface area (Å²) < 4.78 is 38.7. The van der Waals surface area contributed by atoms with Gasteiger partial charge in [0.1, 0.15) is 0 Å². The van der Waals surface area contributed by atoms with E-state index in [-0.39, 0.29) is 5.56 Å². The second kappa shape index (κ2) is 4.98. The van der Waals surface area contributed by atoms with Crippen LogP contribution >= 0.6 is 0 Å². The van der Waals surface area contributed by atoms with Crippen molar-refractivity contribution in [2.24, 2.45) is 5.73 Å². The van der Waals surface area contributed by atoms with Crippen molar-refractivity contribution in [3.8, 4) is 0 Å². The largest absolute Gasteiger partial charge is 0.324 e. The molecule has 0 fully saturated rings. The lowest BCUT2D eigenvalue weighted by molar-refractivity contribution is 0.433. The lowest BCUT2D eigenvalue weighted by atomic mass is 10.0. The molecule has 0 radical (unpaired) electrons. The van der Waals surface area contributed by atoms with E-state index in [2.05, 4.69) is 6.58 Å². The van der Waals surface area contributed by atoms with Gasteiger partial charge in [-0.25, -0.2) is 13.2 Å². The highest BCUT2D eigenvalue weighted by Crippen LogP contribution is 2.22. The van der Waals surface area contributed by atoms with E-state index in [0.717, 1.165) is 6.07 Å². The van der Waals surface area contributed by atoms with Crippen molar-refractivity contribution in [3.63, 3.8) is 0 Å². The molecule has 0 saturated heterocycles. The van der Waals surface area contributed by atoms with Gasteiger partial charge in [-0.05, 0) is 18.9 Å². The molecule has 0 heterocycles. The molecule has 1 atom stereocenters. The Morgan fingerprint density at radius 3 is 2.53 bits per heavy atom. The fourth-order valence-corrected chi connectivity index (χ4v) is 1.28. The number of hydrogen-bond acceptors (Lipinski definition) is 1. The Balaban J connectivity index is 2.94. The van der Waals surface area contributed by atoms with E-state index >= 15 is 0 Å². The van der Waals surface area contributed by atoms with Crippen molar-refractivity contribution < 1.29 is 13.2 Å². The maximum Gasteiger partial charge on any atom is 0.194 e. The highest BCUT2D eigenvalue weighted by molar-refractivity contribution is 5.23.